The first-order valence-corrected chi connectivity index (χ1v) is 7.90. The van der Waals surface area contributed by atoms with Crippen LogP contribution in [0.1, 0.15) is 36.6 Å². The van der Waals surface area contributed by atoms with E-state index in [9.17, 15) is 9.59 Å². The second kappa shape index (κ2) is 8.15. The smallest absolute Gasteiger partial charge is 0.312 e. The molecule has 0 spiro atoms. The van der Waals surface area contributed by atoms with E-state index in [4.69, 9.17) is 5.73 Å². The topological polar surface area (TPSA) is 75.4 Å². The third kappa shape index (κ3) is 4.59. The molecule has 2 rings (SSSR count). The zero-order valence-electron chi connectivity index (χ0n) is 14.0. The van der Waals surface area contributed by atoms with E-state index in [-0.39, 0.29) is 18.4 Å². The Kier molecular flexibility index (Phi) is 5.95. The van der Waals surface area contributed by atoms with Crippen LogP contribution >= 0.6 is 0 Å². The van der Waals surface area contributed by atoms with Gasteiger partial charge in [-0.3, -0.25) is 4.79 Å². The molecule has 126 valence electrons. The van der Waals surface area contributed by atoms with Crippen molar-refractivity contribution < 1.29 is 9.59 Å². The molecule has 0 radical (unpaired) electrons. The van der Waals surface area contributed by atoms with E-state index in [1.54, 1.807) is 11.9 Å². The highest BCUT2D eigenvalue weighted by Gasteiger charge is 2.22. The number of nitrogens with one attached hydrogen (secondary N) is 1. The summed E-state index contributed by atoms with van der Waals surface area (Å²) >= 11 is 0. The van der Waals surface area contributed by atoms with Gasteiger partial charge < -0.3 is 16.0 Å². The van der Waals surface area contributed by atoms with Crippen molar-refractivity contribution in [3.63, 3.8) is 0 Å². The van der Waals surface area contributed by atoms with Crippen LogP contribution in [-0.4, -0.2) is 23.9 Å². The van der Waals surface area contributed by atoms with Crippen molar-refractivity contribution in [3.05, 3.63) is 71.8 Å². The molecule has 0 aromatic heterocycles. The number of primary amides is 1. The van der Waals surface area contributed by atoms with Crippen molar-refractivity contribution in [1.82, 2.24) is 10.2 Å². The van der Waals surface area contributed by atoms with Gasteiger partial charge in [0.15, 0.2) is 0 Å². The van der Waals surface area contributed by atoms with Crippen LogP contribution in [0.5, 0.6) is 0 Å². The molecule has 2 atom stereocenters. The summed E-state index contributed by atoms with van der Waals surface area (Å²) in [6.07, 6.45) is 0.153. The third-order valence-corrected chi connectivity index (χ3v) is 4.15. The summed E-state index contributed by atoms with van der Waals surface area (Å²) in [7, 11) is 1.77. The number of amides is 3. The molecule has 0 heterocycles. The lowest BCUT2D eigenvalue weighted by Crippen LogP contribution is -2.37. The molecule has 3 amide bonds. The van der Waals surface area contributed by atoms with Crippen LogP contribution in [0, 0.1) is 0 Å². The van der Waals surface area contributed by atoms with Crippen molar-refractivity contribution in [2.75, 3.05) is 7.05 Å². The SMILES string of the molecule is C[C@@H](c1ccccc1)N(C)C(=O)C[C@@H](NC(N)=O)c1ccccc1. The van der Waals surface area contributed by atoms with Crippen LogP contribution in [0.15, 0.2) is 60.7 Å². The summed E-state index contributed by atoms with van der Waals surface area (Å²) in [4.78, 5) is 25.6. The number of hydrogen-bond donors (Lipinski definition) is 2. The van der Waals surface area contributed by atoms with Crippen molar-refractivity contribution >= 4 is 11.9 Å². The normalized spacial score (nSPS) is 12.9. The number of nitrogens with zero attached hydrogens (tertiary/aromatic N) is 1. The van der Waals surface area contributed by atoms with Crippen LogP contribution < -0.4 is 11.1 Å². The van der Waals surface area contributed by atoms with Crippen LogP contribution in [0.2, 0.25) is 0 Å². The van der Waals surface area contributed by atoms with Gasteiger partial charge in [0.25, 0.3) is 0 Å². The highest BCUT2D eigenvalue weighted by molar-refractivity contribution is 5.79. The highest BCUT2D eigenvalue weighted by Crippen LogP contribution is 2.22. The minimum atomic E-state index is -0.643. The van der Waals surface area contributed by atoms with Gasteiger partial charge in [0.1, 0.15) is 0 Å². The van der Waals surface area contributed by atoms with Gasteiger partial charge in [0, 0.05) is 7.05 Å². The Morgan fingerprint density at radius 3 is 2.00 bits per heavy atom. The number of hydrogen-bond acceptors (Lipinski definition) is 2. The Hall–Kier alpha value is -2.82. The molecule has 3 N–H and O–H groups in total. The maximum atomic E-state index is 12.7. The van der Waals surface area contributed by atoms with Gasteiger partial charge in [0.05, 0.1) is 18.5 Å². The van der Waals surface area contributed by atoms with Gasteiger partial charge in [-0.15, -0.1) is 0 Å². The van der Waals surface area contributed by atoms with Crippen LogP contribution in [0.25, 0.3) is 0 Å². The predicted molar refractivity (Wildman–Crippen MR) is 94.1 cm³/mol. The van der Waals surface area contributed by atoms with Crippen LogP contribution in [-0.2, 0) is 4.79 Å². The minimum Gasteiger partial charge on any atom is -0.352 e. The molecule has 0 saturated carbocycles. The Morgan fingerprint density at radius 1 is 1.00 bits per heavy atom. The first kappa shape index (κ1) is 17.5. The first-order valence-electron chi connectivity index (χ1n) is 7.90. The molecule has 2 aromatic rings. The maximum Gasteiger partial charge on any atom is 0.312 e. The summed E-state index contributed by atoms with van der Waals surface area (Å²) in [5, 5.41) is 2.65. The Labute approximate surface area is 142 Å². The number of carbonyl (C=O) groups excluding carboxylic acids is 2. The molecule has 0 aliphatic carbocycles. The first-order chi connectivity index (χ1) is 11.5. The Bertz CT molecular complexity index is 674. The van der Waals surface area contributed by atoms with Gasteiger partial charge in [-0.25, -0.2) is 4.79 Å². The fourth-order valence-electron chi connectivity index (χ4n) is 2.60. The van der Waals surface area contributed by atoms with Crippen molar-refractivity contribution in [2.24, 2.45) is 5.73 Å². The summed E-state index contributed by atoms with van der Waals surface area (Å²) in [5.74, 6) is -0.0612. The fraction of sp³-hybridized carbons (Fsp3) is 0.263. The number of rotatable bonds is 6. The predicted octanol–water partition coefficient (Wildman–Crippen LogP) is 3.01. The number of benzene rings is 2. The fourth-order valence-corrected chi connectivity index (χ4v) is 2.60. The van der Waals surface area contributed by atoms with Gasteiger partial charge in [-0.1, -0.05) is 60.7 Å². The van der Waals surface area contributed by atoms with Crippen LogP contribution in [0.3, 0.4) is 0 Å². The lowest BCUT2D eigenvalue weighted by atomic mass is 10.0. The summed E-state index contributed by atoms with van der Waals surface area (Å²) in [5.41, 5.74) is 7.17. The monoisotopic (exact) mass is 325 g/mol. The van der Waals surface area contributed by atoms with E-state index >= 15 is 0 Å². The van der Waals surface area contributed by atoms with Gasteiger partial charge >= 0.3 is 6.03 Å². The Balaban J connectivity index is 2.10. The largest absolute Gasteiger partial charge is 0.352 e. The molecule has 0 fully saturated rings. The molecule has 0 bridgehead atoms. The van der Waals surface area contributed by atoms with E-state index < -0.39 is 12.1 Å². The molecule has 5 nitrogen and oxygen atoms in total. The lowest BCUT2D eigenvalue weighted by Gasteiger charge is -2.27. The average molecular weight is 325 g/mol. The minimum absolute atomic E-state index is 0.0521. The standard InChI is InChI=1S/C19H23N3O2/c1-14(15-9-5-3-6-10-15)22(2)18(23)13-17(21-19(20)24)16-11-7-4-8-12-16/h3-12,14,17H,13H2,1-2H3,(H3,20,21,24)/t14-,17+/m0/s1. The lowest BCUT2D eigenvalue weighted by molar-refractivity contribution is -0.132. The molecular weight excluding hydrogens is 302 g/mol. The van der Waals surface area contributed by atoms with E-state index in [1.165, 1.54) is 0 Å². The molecule has 5 heteroatoms. The van der Waals surface area contributed by atoms with E-state index in [2.05, 4.69) is 5.32 Å². The van der Waals surface area contributed by atoms with E-state index in [0.717, 1.165) is 11.1 Å². The molecule has 24 heavy (non-hydrogen) atoms. The molecule has 0 aliphatic heterocycles. The highest BCUT2D eigenvalue weighted by atomic mass is 16.2. The Morgan fingerprint density at radius 2 is 1.50 bits per heavy atom. The molecule has 0 unspecified atom stereocenters. The third-order valence-electron chi connectivity index (χ3n) is 4.15. The molecule has 0 aliphatic rings. The van der Waals surface area contributed by atoms with Gasteiger partial charge in [-0.2, -0.15) is 0 Å². The maximum absolute atomic E-state index is 12.7. The number of urea groups is 1. The number of nitrogens with two attached hydrogens (primary N) is 1. The summed E-state index contributed by atoms with van der Waals surface area (Å²) in [6, 6.07) is 18.0. The summed E-state index contributed by atoms with van der Waals surface area (Å²) in [6.45, 7) is 1.98. The number of carbonyl (C=O) groups is 2. The molecular formula is C19H23N3O2. The second-order valence-corrected chi connectivity index (χ2v) is 5.77. The van der Waals surface area contributed by atoms with Gasteiger partial charge in [0.2, 0.25) is 5.91 Å². The van der Waals surface area contributed by atoms with Crippen molar-refractivity contribution in [2.45, 2.75) is 25.4 Å². The van der Waals surface area contributed by atoms with Crippen molar-refractivity contribution in [1.29, 1.82) is 0 Å². The van der Waals surface area contributed by atoms with E-state index in [0.29, 0.717) is 0 Å². The van der Waals surface area contributed by atoms with Gasteiger partial charge in [-0.05, 0) is 18.1 Å². The second-order valence-electron chi connectivity index (χ2n) is 5.77. The average Bonchev–Trinajstić information content (AvgIpc) is 2.61. The summed E-state index contributed by atoms with van der Waals surface area (Å²) < 4.78 is 0. The quantitative estimate of drug-likeness (QED) is 0.856. The van der Waals surface area contributed by atoms with Crippen LogP contribution in [0.4, 0.5) is 4.79 Å². The van der Waals surface area contributed by atoms with E-state index in [1.807, 2.05) is 67.6 Å². The zero-order valence-corrected chi connectivity index (χ0v) is 14.0. The zero-order chi connectivity index (χ0) is 17.5. The van der Waals surface area contributed by atoms with Crippen molar-refractivity contribution in [3.8, 4) is 0 Å². The molecule has 0 saturated heterocycles. The molecule has 2 aromatic carbocycles.